The highest BCUT2D eigenvalue weighted by Gasteiger charge is 2.19. The lowest BCUT2D eigenvalue weighted by Crippen LogP contribution is -2.40. The number of carbonyl (C=O) groups is 2. The number of carboxylic acid groups (broad SMARTS) is 1. The molecule has 116 valence electrons. The van der Waals surface area contributed by atoms with Gasteiger partial charge in [-0.05, 0) is 12.1 Å². The molecule has 0 aliphatic carbocycles. The van der Waals surface area contributed by atoms with Crippen LogP contribution in [0.5, 0.6) is 0 Å². The predicted octanol–water partition coefficient (Wildman–Crippen LogP) is 3.32. The van der Waals surface area contributed by atoms with Crippen LogP contribution in [-0.2, 0) is 9.53 Å². The minimum atomic E-state index is -1.13. The van der Waals surface area contributed by atoms with Gasteiger partial charge in [0, 0.05) is 18.1 Å². The van der Waals surface area contributed by atoms with Crippen LogP contribution in [0, 0.1) is 0 Å². The van der Waals surface area contributed by atoms with Crippen LogP contribution in [0.15, 0.2) is 16.6 Å². The molecule has 0 saturated carbocycles. The fourth-order valence-corrected chi connectivity index (χ4v) is 2.77. The second-order valence-electron chi connectivity index (χ2n) is 3.98. The molecule has 0 fully saturated rings. The van der Waals surface area contributed by atoms with Crippen LogP contribution in [0.4, 0.5) is 10.5 Å². The average molecular weight is 400 g/mol. The van der Waals surface area contributed by atoms with Crippen molar-refractivity contribution >= 4 is 56.8 Å². The maximum Gasteiger partial charge on any atom is 0.323 e. The number of nitrogens with one attached hydrogen (secondary N) is 1. The molecule has 21 heavy (non-hydrogen) atoms. The first-order chi connectivity index (χ1) is 9.85. The molecular formula is C12H13BrCl2N2O4. The van der Waals surface area contributed by atoms with Gasteiger partial charge in [0.1, 0.15) is 6.54 Å². The molecule has 0 bridgehead atoms. The summed E-state index contributed by atoms with van der Waals surface area (Å²) in [5.41, 5.74) is 0.222. The second kappa shape index (κ2) is 8.43. The highest BCUT2D eigenvalue weighted by Crippen LogP contribution is 2.33. The Morgan fingerprint density at radius 2 is 1.95 bits per heavy atom. The third kappa shape index (κ3) is 5.70. The number of halogens is 3. The lowest BCUT2D eigenvalue weighted by molar-refractivity contribution is -0.137. The molecule has 0 spiro atoms. The van der Waals surface area contributed by atoms with Crippen LogP contribution in [-0.4, -0.2) is 48.8 Å². The molecule has 0 atom stereocenters. The van der Waals surface area contributed by atoms with Gasteiger partial charge in [-0.1, -0.05) is 39.1 Å². The van der Waals surface area contributed by atoms with Crippen LogP contribution in [0.25, 0.3) is 0 Å². The van der Waals surface area contributed by atoms with Crippen molar-refractivity contribution in [2.75, 3.05) is 32.1 Å². The summed E-state index contributed by atoms with van der Waals surface area (Å²) in [5.74, 6) is -1.13. The van der Waals surface area contributed by atoms with E-state index in [0.717, 1.165) is 4.90 Å². The Morgan fingerprint density at radius 3 is 2.43 bits per heavy atom. The first-order valence-corrected chi connectivity index (χ1v) is 7.31. The van der Waals surface area contributed by atoms with E-state index in [9.17, 15) is 9.59 Å². The molecule has 2 N–H and O–H groups in total. The zero-order valence-corrected chi connectivity index (χ0v) is 14.1. The Labute approximate surface area is 140 Å². The number of hydrogen-bond acceptors (Lipinski definition) is 3. The first kappa shape index (κ1) is 18.0. The number of carboxylic acids is 1. The number of ether oxygens (including phenoxy) is 1. The summed E-state index contributed by atoms with van der Waals surface area (Å²) in [5, 5.41) is 11.8. The van der Waals surface area contributed by atoms with E-state index in [1.165, 1.54) is 7.11 Å². The van der Waals surface area contributed by atoms with E-state index in [1.54, 1.807) is 12.1 Å². The summed E-state index contributed by atoms with van der Waals surface area (Å²) < 4.78 is 5.51. The monoisotopic (exact) mass is 398 g/mol. The highest BCUT2D eigenvalue weighted by atomic mass is 79.9. The van der Waals surface area contributed by atoms with Crippen molar-refractivity contribution < 1.29 is 19.4 Å². The molecule has 0 saturated heterocycles. The van der Waals surface area contributed by atoms with Crippen molar-refractivity contribution in [3.05, 3.63) is 26.7 Å². The van der Waals surface area contributed by atoms with Gasteiger partial charge < -0.3 is 20.1 Å². The number of methoxy groups -OCH3 is 1. The van der Waals surface area contributed by atoms with E-state index in [4.69, 9.17) is 33.0 Å². The van der Waals surface area contributed by atoms with E-state index in [-0.39, 0.29) is 28.9 Å². The molecule has 9 heteroatoms. The standard InChI is InChI=1S/C12H13BrCl2N2O4/c1-21-3-2-17(6-10(18)19)12(20)16-11-8(14)4-7(13)5-9(11)15/h4-5H,2-3,6H2,1H3,(H,16,20)(H,18,19). The minimum Gasteiger partial charge on any atom is -0.480 e. The van der Waals surface area contributed by atoms with Crippen molar-refractivity contribution in [1.29, 1.82) is 0 Å². The Kier molecular flexibility index (Phi) is 7.24. The first-order valence-electron chi connectivity index (χ1n) is 5.76. The fourth-order valence-electron chi connectivity index (χ4n) is 1.46. The summed E-state index contributed by atoms with van der Waals surface area (Å²) in [7, 11) is 1.46. The van der Waals surface area contributed by atoms with Crippen LogP contribution in [0.1, 0.15) is 0 Å². The van der Waals surface area contributed by atoms with E-state index < -0.39 is 18.5 Å². The third-order valence-corrected chi connectivity index (χ3v) is 3.47. The normalized spacial score (nSPS) is 10.3. The van der Waals surface area contributed by atoms with Gasteiger partial charge in [0.05, 0.1) is 22.3 Å². The maximum atomic E-state index is 12.1. The minimum absolute atomic E-state index is 0.125. The van der Waals surface area contributed by atoms with Crippen LogP contribution in [0.2, 0.25) is 10.0 Å². The quantitative estimate of drug-likeness (QED) is 0.768. The van der Waals surface area contributed by atoms with Gasteiger partial charge in [0.15, 0.2) is 0 Å². The molecule has 0 aliphatic heterocycles. The number of carbonyl (C=O) groups excluding carboxylic acids is 1. The molecule has 6 nitrogen and oxygen atoms in total. The lowest BCUT2D eigenvalue weighted by Gasteiger charge is -2.21. The smallest absolute Gasteiger partial charge is 0.323 e. The number of amides is 2. The molecule has 2 amide bonds. The summed E-state index contributed by atoms with van der Waals surface area (Å²) in [6.07, 6.45) is 0. The second-order valence-corrected chi connectivity index (χ2v) is 5.71. The zero-order chi connectivity index (χ0) is 16.0. The summed E-state index contributed by atoms with van der Waals surface area (Å²) in [6, 6.07) is 2.51. The summed E-state index contributed by atoms with van der Waals surface area (Å²) in [4.78, 5) is 24.0. The number of anilines is 1. The highest BCUT2D eigenvalue weighted by molar-refractivity contribution is 9.10. The lowest BCUT2D eigenvalue weighted by atomic mass is 10.3. The predicted molar refractivity (Wildman–Crippen MR) is 84.3 cm³/mol. The van der Waals surface area contributed by atoms with Gasteiger partial charge in [0.25, 0.3) is 0 Å². The van der Waals surface area contributed by atoms with Gasteiger partial charge in [-0.15, -0.1) is 0 Å². The summed E-state index contributed by atoms with van der Waals surface area (Å²) >= 11 is 15.2. The Bertz CT molecular complexity index is 519. The molecule has 1 aromatic carbocycles. The molecular weight excluding hydrogens is 387 g/mol. The van der Waals surface area contributed by atoms with Gasteiger partial charge in [-0.3, -0.25) is 4.79 Å². The van der Waals surface area contributed by atoms with Crippen molar-refractivity contribution in [3.63, 3.8) is 0 Å². The number of hydrogen-bond donors (Lipinski definition) is 2. The zero-order valence-electron chi connectivity index (χ0n) is 11.0. The van der Waals surface area contributed by atoms with Gasteiger partial charge in [0.2, 0.25) is 0 Å². The van der Waals surface area contributed by atoms with Gasteiger partial charge >= 0.3 is 12.0 Å². The van der Waals surface area contributed by atoms with Crippen molar-refractivity contribution in [2.24, 2.45) is 0 Å². The fraction of sp³-hybridized carbons (Fsp3) is 0.333. The molecule has 0 aliphatic rings. The van der Waals surface area contributed by atoms with E-state index >= 15 is 0 Å². The van der Waals surface area contributed by atoms with Crippen LogP contribution >= 0.6 is 39.1 Å². The van der Waals surface area contributed by atoms with E-state index in [1.807, 2.05) is 0 Å². The Morgan fingerprint density at radius 1 is 1.38 bits per heavy atom. The summed E-state index contributed by atoms with van der Waals surface area (Å²) in [6.45, 7) is -0.121. The number of nitrogens with zero attached hydrogens (tertiary/aromatic N) is 1. The third-order valence-electron chi connectivity index (χ3n) is 2.42. The number of urea groups is 1. The number of rotatable bonds is 6. The SMILES string of the molecule is COCCN(CC(=O)O)C(=O)Nc1c(Cl)cc(Br)cc1Cl. The molecule has 1 rings (SSSR count). The van der Waals surface area contributed by atoms with Crippen molar-refractivity contribution in [1.82, 2.24) is 4.90 Å². The molecule has 0 radical (unpaired) electrons. The Hall–Kier alpha value is -1.02. The van der Waals surface area contributed by atoms with E-state index in [0.29, 0.717) is 4.47 Å². The van der Waals surface area contributed by atoms with Crippen LogP contribution in [0.3, 0.4) is 0 Å². The van der Waals surface area contributed by atoms with Crippen molar-refractivity contribution in [3.8, 4) is 0 Å². The average Bonchev–Trinajstić information content (AvgIpc) is 2.38. The van der Waals surface area contributed by atoms with Crippen molar-refractivity contribution in [2.45, 2.75) is 0 Å². The largest absolute Gasteiger partial charge is 0.480 e. The van der Waals surface area contributed by atoms with E-state index in [2.05, 4.69) is 21.2 Å². The number of benzene rings is 1. The Balaban J connectivity index is 2.88. The topological polar surface area (TPSA) is 78.9 Å². The molecule has 0 unspecified atom stereocenters. The molecule has 0 aromatic heterocycles. The molecule has 0 heterocycles. The van der Waals surface area contributed by atoms with Gasteiger partial charge in [-0.25, -0.2) is 4.79 Å². The molecule has 1 aromatic rings. The number of aliphatic carboxylic acids is 1. The maximum absolute atomic E-state index is 12.1. The van der Waals surface area contributed by atoms with Crippen LogP contribution < -0.4 is 5.32 Å². The van der Waals surface area contributed by atoms with Gasteiger partial charge in [-0.2, -0.15) is 0 Å².